The molecule has 1 unspecified atom stereocenters. The zero-order valence-electron chi connectivity index (χ0n) is 26.7. The predicted octanol–water partition coefficient (Wildman–Crippen LogP) is 7.45. The summed E-state index contributed by atoms with van der Waals surface area (Å²) in [6.07, 6.45) is 13.9. The van der Waals surface area contributed by atoms with E-state index in [1.807, 2.05) is 6.08 Å². The lowest BCUT2D eigenvalue weighted by Crippen LogP contribution is -2.30. The molecule has 2 aromatic carbocycles. The topological polar surface area (TPSA) is 66.2 Å². The Kier molecular flexibility index (Phi) is 8.98. The van der Waals surface area contributed by atoms with Crippen LogP contribution < -0.4 is 21.7 Å². The molecule has 0 radical (unpaired) electrons. The minimum Gasteiger partial charge on any atom is -0.399 e. The normalized spacial score (nSPS) is 19.7. The van der Waals surface area contributed by atoms with Crippen molar-refractivity contribution in [2.75, 3.05) is 0 Å². The highest BCUT2D eigenvalue weighted by atomic mass is 79.9. The zero-order chi connectivity index (χ0) is 31.7. The van der Waals surface area contributed by atoms with Gasteiger partial charge in [0.1, 0.15) is 0 Å². The van der Waals surface area contributed by atoms with Crippen molar-refractivity contribution in [1.82, 2.24) is 10.3 Å². The van der Waals surface area contributed by atoms with Crippen LogP contribution in [0.15, 0.2) is 108 Å². The molecule has 1 atom stereocenters. The van der Waals surface area contributed by atoms with E-state index in [4.69, 9.17) is 10.7 Å². The molecule has 0 aliphatic carbocycles. The van der Waals surface area contributed by atoms with Crippen LogP contribution in [0.5, 0.6) is 0 Å². The molecule has 0 spiro atoms. The van der Waals surface area contributed by atoms with Crippen molar-refractivity contribution in [2.45, 2.75) is 54.5 Å². The second-order valence-corrected chi connectivity index (χ2v) is 12.7. The Morgan fingerprint density at radius 3 is 2.07 bits per heavy atom. The summed E-state index contributed by atoms with van der Waals surface area (Å²) in [5, 5.41) is 5.68. The molecule has 2 aliphatic rings. The van der Waals surface area contributed by atoms with Gasteiger partial charge in [0.25, 0.3) is 0 Å². The molecule has 4 nitrogen and oxygen atoms in total. The van der Waals surface area contributed by atoms with E-state index in [9.17, 15) is 0 Å². The number of halogens is 1. The van der Waals surface area contributed by atoms with E-state index >= 15 is 0 Å². The van der Waals surface area contributed by atoms with E-state index in [-0.39, 0.29) is 6.04 Å². The lowest BCUT2D eigenvalue weighted by Gasteiger charge is -2.20. The number of allylic oxidation sites excluding steroid dienone is 7. The van der Waals surface area contributed by atoms with Gasteiger partial charge in [-0.25, -0.2) is 4.99 Å². The summed E-state index contributed by atoms with van der Waals surface area (Å²) in [7, 11) is 0. The number of aryl methyl sites for hydroxylation is 6. The molecule has 0 bridgehead atoms. The second kappa shape index (κ2) is 12.7. The number of nitrogens with zero attached hydrogens (tertiary/aromatic N) is 1. The number of nitrogens with one attached hydrogen (secondary N) is 2. The summed E-state index contributed by atoms with van der Waals surface area (Å²) in [4.78, 5) is 8.76. The van der Waals surface area contributed by atoms with Crippen LogP contribution in [-0.2, 0) is 0 Å². The molecule has 5 rings (SSSR count). The van der Waals surface area contributed by atoms with Gasteiger partial charge in [0.15, 0.2) is 0 Å². The van der Waals surface area contributed by atoms with E-state index in [0.29, 0.717) is 5.70 Å². The number of rotatable bonds is 6. The Balaban J connectivity index is 1.62. The van der Waals surface area contributed by atoms with E-state index in [1.165, 1.54) is 55.7 Å². The molecule has 224 valence electrons. The number of benzene rings is 2. The van der Waals surface area contributed by atoms with Crippen molar-refractivity contribution < 1.29 is 0 Å². The molecular weight excluding hydrogens is 604 g/mol. The highest BCUT2D eigenvalue weighted by molar-refractivity contribution is 9.15. The standard InChI is InChI=1S/C39H41BrN4/c1-9-10-29(41)21-30-11-12-32(42-30)38(37-26(6)19-23(3)20-27(37)7)33-14-16-35(44-33)39(40)34-15-13-31(43-34)28(8)36-24(4)17-22(2)18-25(36)5/h9-21,32,42,44H,1,41H2,2-8H3/b29-10-,30-21-,31-28+,38-33+,39-35+. The molecule has 0 fully saturated rings. The molecule has 4 N–H and O–H groups in total. The fourth-order valence-electron chi connectivity index (χ4n) is 6.57. The van der Waals surface area contributed by atoms with E-state index in [1.54, 1.807) is 12.2 Å². The van der Waals surface area contributed by atoms with Gasteiger partial charge >= 0.3 is 0 Å². The molecule has 44 heavy (non-hydrogen) atoms. The molecule has 3 aromatic rings. The minimum absolute atomic E-state index is 0.0370. The Labute approximate surface area is 269 Å². The van der Waals surface area contributed by atoms with Gasteiger partial charge in [0, 0.05) is 22.3 Å². The Hall–Kier alpha value is -4.35. The summed E-state index contributed by atoms with van der Waals surface area (Å²) in [5.41, 5.74) is 22.1. The molecular formula is C39H41BrN4. The maximum absolute atomic E-state index is 6.15. The van der Waals surface area contributed by atoms with Crippen LogP contribution in [0, 0.1) is 41.5 Å². The summed E-state index contributed by atoms with van der Waals surface area (Å²) in [5.74, 6) is 0. The first-order valence-electron chi connectivity index (χ1n) is 14.9. The molecule has 3 heterocycles. The van der Waals surface area contributed by atoms with Crippen molar-refractivity contribution in [3.63, 3.8) is 0 Å². The fourth-order valence-corrected chi connectivity index (χ4v) is 7.02. The van der Waals surface area contributed by atoms with Gasteiger partial charge in [-0.3, -0.25) is 0 Å². The van der Waals surface area contributed by atoms with Crippen LogP contribution in [0.4, 0.5) is 0 Å². The zero-order valence-corrected chi connectivity index (χ0v) is 28.3. The number of aliphatic imine (C=N–C) groups is 1. The third-order valence-electron chi connectivity index (χ3n) is 8.19. The molecule has 1 aromatic heterocycles. The van der Waals surface area contributed by atoms with Gasteiger partial charge in [-0.15, -0.1) is 0 Å². The van der Waals surface area contributed by atoms with Gasteiger partial charge in [0.05, 0.1) is 27.3 Å². The van der Waals surface area contributed by atoms with Crippen molar-refractivity contribution in [3.05, 3.63) is 158 Å². The van der Waals surface area contributed by atoms with Gasteiger partial charge in [-0.2, -0.15) is 0 Å². The maximum atomic E-state index is 6.15. The van der Waals surface area contributed by atoms with Crippen molar-refractivity contribution in [2.24, 2.45) is 10.7 Å². The number of hydrogen-bond donors (Lipinski definition) is 3. The predicted molar refractivity (Wildman–Crippen MR) is 192 cm³/mol. The third-order valence-corrected chi connectivity index (χ3v) is 9.03. The van der Waals surface area contributed by atoms with Gasteiger partial charge in [-0.05, 0) is 146 Å². The maximum Gasteiger partial charge on any atom is 0.0800 e. The molecule has 0 saturated heterocycles. The van der Waals surface area contributed by atoms with E-state index in [2.05, 4.69) is 142 Å². The van der Waals surface area contributed by atoms with Gasteiger partial charge < -0.3 is 16.0 Å². The number of aromatic nitrogens is 1. The molecule has 2 aliphatic heterocycles. The Morgan fingerprint density at radius 2 is 1.45 bits per heavy atom. The van der Waals surface area contributed by atoms with Crippen molar-refractivity contribution in [1.29, 1.82) is 0 Å². The average Bonchev–Trinajstić information content (AvgIpc) is 3.71. The SMILES string of the molecule is C=C/C=C(N)/C=C1/C=CC(/C(c2c(C)cc(C)cc2C)=c2/cc/c(=C(\Br)C3=N/C(=C(\C)c4c(C)cc(C)cc4C)C=C3)[nH]2)N1. The summed E-state index contributed by atoms with van der Waals surface area (Å²) >= 11 is 3.88. The number of nitrogens with two attached hydrogens (primary N) is 1. The van der Waals surface area contributed by atoms with E-state index < -0.39 is 0 Å². The average molecular weight is 646 g/mol. The Morgan fingerprint density at radius 1 is 0.864 bits per heavy atom. The lowest BCUT2D eigenvalue weighted by atomic mass is 9.89. The van der Waals surface area contributed by atoms with Gasteiger partial charge in [0.2, 0.25) is 0 Å². The third kappa shape index (κ3) is 6.29. The fraction of sp³-hybridized carbons (Fsp3) is 0.205. The number of hydrogen-bond acceptors (Lipinski definition) is 3. The van der Waals surface area contributed by atoms with E-state index in [0.717, 1.165) is 32.3 Å². The van der Waals surface area contributed by atoms with Crippen LogP contribution in [0.3, 0.4) is 0 Å². The van der Waals surface area contributed by atoms with Crippen LogP contribution in [0.1, 0.15) is 51.4 Å². The molecule has 0 amide bonds. The molecule has 0 saturated carbocycles. The monoisotopic (exact) mass is 644 g/mol. The molecule has 5 heteroatoms. The van der Waals surface area contributed by atoms with Crippen LogP contribution >= 0.6 is 15.9 Å². The van der Waals surface area contributed by atoms with Gasteiger partial charge in [-0.1, -0.05) is 54.1 Å². The summed E-state index contributed by atoms with van der Waals surface area (Å²) in [6, 6.07) is 13.2. The Bertz CT molecular complexity index is 1940. The number of aromatic amines is 1. The second-order valence-electron chi connectivity index (χ2n) is 11.9. The highest BCUT2D eigenvalue weighted by Crippen LogP contribution is 2.31. The van der Waals surface area contributed by atoms with Crippen LogP contribution in [0.25, 0.3) is 15.6 Å². The quantitative estimate of drug-likeness (QED) is 0.244. The largest absolute Gasteiger partial charge is 0.399 e. The smallest absolute Gasteiger partial charge is 0.0800 e. The lowest BCUT2D eigenvalue weighted by molar-refractivity contribution is 0.850. The number of H-pyrrole nitrogens is 1. The first-order chi connectivity index (χ1) is 21.0. The van der Waals surface area contributed by atoms with Crippen LogP contribution in [0.2, 0.25) is 0 Å². The first-order valence-corrected chi connectivity index (χ1v) is 15.7. The van der Waals surface area contributed by atoms with Crippen LogP contribution in [-0.4, -0.2) is 16.7 Å². The minimum atomic E-state index is -0.0370. The van der Waals surface area contributed by atoms with Crippen molar-refractivity contribution in [3.8, 4) is 0 Å². The highest BCUT2D eigenvalue weighted by Gasteiger charge is 2.23. The summed E-state index contributed by atoms with van der Waals surface area (Å²) < 4.78 is 0.926. The first kappa shape index (κ1) is 31.1. The summed E-state index contributed by atoms with van der Waals surface area (Å²) in [6.45, 7) is 18.9. The van der Waals surface area contributed by atoms with Crippen molar-refractivity contribution >= 4 is 37.3 Å².